The molecule has 158 valence electrons. The average molecular weight is 426 g/mol. The second kappa shape index (κ2) is 8.02. The summed E-state index contributed by atoms with van der Waals surface area (Å²) in [5, 5.41) is 4.94. The molecule has 0 atom stereocenters. The highest BCUT2D eigenvalue weighted by Gasteiger charge is 2.32. The Hall–Kier alpha value is -4.01. The minimum atomic E-state index is -4.86. The number of rotatable bonds is 4. The van der Waals surface area contributed by atoms with E-state index in [1.54, 1.807) is 24.3 Å². The molecule has 0 saturated heterocycles. The van der Waals surface area contributed by atoms with Crippen LogP contribution in [-0.4, -0.2) is 21.8 Å². The van der Waals surface area contributed by atoms with E-state index in [1.807, 2.05) is 35.9 Å². The number of ether oxygens (including phenoxy) is 1. The average Bonchev–Trinajstić information content (AvgIpc) is 3.12. The summed E-state index contributed by atoms with van der Waals surface area (Å²) < 4.78 is 43.4. The Labute approximate surface area is 175 Å². The van der Waals surface area contributed by atoms with E-state index in [2.05, 4.69) is 20.4 Å². The minimum Gasteiger partial charge on any atom is -0.404 e. The number of anilines is 2. The number of hydrogen-bond acceptors (Lipinski definition) is 3. The molecule has 6 nitrogen and oxygen atoms in total. The number of urea groups is 1. The smallest absolute Gasteiger partial charge is 0.404 e. The second-order valence-corrected chi connectivity index (χ2v) is 6.80. The Morgan fingerprint density at radius 1 is 1.03 bits per heavy atom. The monoisotopic (exact) mass is 426 g/mol. The maximum atomic E-state index is 12.5. The highest BCUT2D eigenvalue weighted by atomic mass is 19.4. The number of amides is 2. The van der Waals surface area contributed by atoms with Crippen LogP contribution in [0.15, 0.2) is 73.1 Å². The molecular formula is C22H17F3N4O2. The number of para-hydroxylation sites is 2. The Bertz CT molecular complexity index is 1230. The van der Waals surface area contributed by atoms with Gasteiger partial charge >= 0.3 is 12.4 Å². The molecule has 9 heteroatoms. The van der Waals surface area contributed by atoms with Gasteiger partial charge in [0.1, 0.15) is 5.65 Å². The lowest BCUT2D eigenvalue weighted by Crippen LogP contribution is -2.22. The third kappa shape index (κ3) is 4.95. The van der Waals surface area contributed by atoms with Crippen LogP contribution in [0.3, 0.4) is 0 Å². The van der Waals surface area contributed by atoms with Crippen LogP contribution < -0.4 is 15.4 Å². The Balaban J connectivity index is 1.45. The van der Waals surface area contributed by atoms with Gasteiger partial charge in [-0.25, -0.2) is 9.78 Å². The van der Waals surface area contributed by atoms with Gasteiger partial charge < -0.3 is 19.8 Å². The van der Waals surface area contributed by atoms with Crippen molar-refractivity contribution < 1.29 is 22.7 Å². The van der Waals surface area contributed by atoms with Gasteiger partial charge in [0, 0.05) is 23.6 Å². The zero-order valence-corrected chi connectivity index (χ0v) is 16.3. The summed E-state index contributed by atoms with van der Waals surface area (Å²) in [4.78, 5) is 16.8. The van der Waals surface area contributed by atoms with Crippen LogP contribution in [0.25, 0.3) is 16.9 Å². The number of hydrogen-bond donors (Lipinski definition) is 2. The number of alkyl halides is 3. The molecule has 0 fully saturated rings. The molecule has 0 bridgehead atoms. The molecule has 2 amide bonds. The van der Waals surface area contributed by atoms with E-state index < -0.39 is 18.1 Å². The fourth-order valence-electron chi connectivity index (χ4n) is 3.02. The van der Waals surface area contributed by atoms with Gasteiger partial charge in [-0.15, -0.1) is 13.2 Å². The predicted octanol–water partition coefficient (Wildman–Crippen LogP) is 5.85. The number of aryl methyl sites for hydroxylation is 1. The van der Waals surface area contributed by atoms with E-state index in [4.69, 9.17) is 0 Å². The summed E-state index contributed by atoms with van der Waals surface area (Å²) in [6, 6.07) is 15.5. The van der Waals surface area contributed by atoms with Crippen LogP contribution in [0.2, 0.25) is 0 Å². The van der Waals surface area contributed by atoms with Gasteiger partial charge in [-0.05, 0) is 48.9 Å². The number of halogens is 3. The number of imidazole rings is 1. The normalized spacial score (nSPS) is 11.4. The van der Waals surface area contributed by atoms with Crippen LogP contribution in [0.1, 0.15) is 5.56 Å². The Kier molecular flexibility index (Phi) is 5.24. The summed E-state index contributed by atoms with van der Waals surface area (Å²) >= 11 is 0. The molecule has 2 aromatic heterocycles. The lowest BCUT2D eigenvalue weighted by atomic mass is 10.1. The van der Waals surface area contributed by atoms with Crippen LogP contribution in [0, 0.1) is 6.92 Å². The van der Waals surface area contributed by atoms with Crippen LogP contribution >= 0.6 is 0 Å². The highest BCUT2D eigenvalue weighted by molar-refractivity contribution is 6.00. The molecule has 0 aliphatic heterocycles. The van der Waals surface area contributed by atoms with Gasteiger partial charge in [0.15, 0.2) is 5.75 Å². The fraction of sp³-hybridized carbons (Fsp3) is 0.0909. The van der Waals surface area contributed by atoms with E-state index in [9.17, 15) is 18.0 Å². The zero-order chi connectivity index (χ0) is 22.0. The topological polar surface area (TPSA) is 67.7 Å². The lowest BCUT2D eigenvalue weighted by molar-refractivity contribution is -0.274. The predicted molar refractivity (Wildman–Crippen MR) is 111 cm³/mol. The number of nitrogens with one attached hydrogen (secondary N) is 2. The lowest BCUT2D eigenvalue weighted by Gasteiger charge is -2.14. The maximum absolute atomic E-state index is 12.5. The second-order valence-electron chi connectivity index (χ2n) is 6.80. The molecule has 31 heavy (non-hydrogen) atoms. The molecule has 0 aliphatic rings. The van der Waals surface area contributed by atoms with Crippen molar-refractivity contribution in [2.45, 2.75) is 13.3 Å². The molecule has 0 spiro atoms. The highest BCUT2D eigenvalue weighted by Crippen LogP contribution is 2.30. The quantitative estimate of drug-likeness (QED) is 0.430. The maximum Gasteiger partial charge on any atom is 0.573 e. The fourth-order valence-corrected chi connectivity index (χ4v) is 3.02. The first-order valence-corrected chi connectivity index (χ1v) is 9.25. The van der Waals surface area contributed by atoms with Crippen LogP contribution in [0.5, 0.6) is 5.75 Å². The summed E-state index contributed by atoms with van der Waals surface area (Å²) in [6.07, 6.45) is -1.02. The summed E-state index contributed by atoms with van der Waals surface area (Å²) in [5.74, 6) is -0.498. The van der Waals surface area contributed by atoms with Gasteiger partial charge in [-0.3, -0.25) is 0 Å². The van der Waals surface area contributed by atoms with Crippen LogP contribution in [-0.2, 0) is 0 Å². The largest absolute Gasteiger partial charge is 0.573 e. The molecule has 2 aromatic carbocycles. The SMILES string of the molecule is Cc1ccn2cc(-c3ccc(NC(=O)Nc4ccccc4OC(F)(F)F)cc3)nc2c1. The number of fused-ring (bicyclic) bond motifs is 1. The zero-order valence-electron chi connectivity index (χ0n) is 16.3. The number of carbonyl (C=O) groups excluding carboxylic acids is 1. The molecule has 4 aromatic rings. The van der Waals surface area contributed by atoms with Gasteiger partial charge in [-0.1, -0.05) is 24.3 Å². The van der Waals surface area contributed by atoms with Crippen molar-refractivity contribution in [1.82, 2.24) is 9.38 Å². The summed E-state index contributed by atoms with van der Waals surface area (Å²) in [5.41, 5.74) is 3.94. The summed E-state index contributed by atoms with van der Waals surface area (Å²) in [7, 11) is 0. The van der Waals surface area contributed by atoms with Crippen molar-refractivity contribution in [2.24, 2.45) is 0 Å². The summed E-state index contributed by atoms with van der Waals surface area (Å²) in [6.45, 7) is 1.99. The van der Waals surface area contributed by atoms with E-state index in [-0.39, 0.29) is 5.69 Å². The molecule has 0 radical (unpaired) electrons. The first-order valence-electron chi connectivity index (χ1n) is 9.25. The third-order valence-electron chi connectivity index (χ3n) is 4.42. The van der Waals surface area contributed by atoms with Gasteiger partial charge in [0.2, 0.25) is 0 Å². The Morgan fingerprint density at radius 2 is 1.77 bits per heavy atom. The molecule has 4 rings (SSSR count). The molecule has 0 saturated carbocycles. The van der Waals surface area contributed by atoms with Crippen molar-refractivity contribution in [2.75, 3.05) is 10.6 Å². The van der Waals surface area contributed by atoms with E-state index in [1.165, 1.54) is 18.2 Å². The standard InChI is InChI=1S/C22H17F3N4O2/c1-14-10-11-29-13-18(27-20(29)12-14)15-6-8-16(9-7-15)26-21(30)28-17-4-2-3-5-19(17)31-22(23,24)25/h2-13H,1H3,(H2,26,28,30). The molecule has 0 unspecified atom stereocenters. The van der Waals surface area contributed by atoms with Crippen molar-refractivity contribution in [3.63, 3.8) is 0 Å². The first-order chi connectivity index (χ1) is 14.8. The van der Waals surface area contributed by atoms with Gasteiger partial charge in [0.05, 0.1) is 11.4 Å². The van der Waals surface area contributed by atoms with E-state index >= 15 is 0 Å². The molecule has 2 N–H and O–H groups in total. The first kappa shape index (κ1) is 20.3. The number of aromatic nitrogens is 2. The Morgan fingerprint density at radius 3 is 2.52 bits per heavy atom. The molecular weight excluding hydrogens is 409 g/mol. The van der Waals surface area contributed by atoms with E-state index in [0.717, 1.165) is 28.5 Å². The van der Waals surface area contributed by atoms with Gasteiger partial charge in [-0.2, -0.15) is 0 Å². The number of benzene rings is 2. The van der Waals surface area contributed by atoms with Gasteiger partial charge in [0.25, 0.3) is 0 Å². The third-order valence-corrected chi connectivity index (χ3v) is 4.42. The number of pyridine rings is 1. The molecule has 0 aliphatic carbocycles. The van der Waals surface area contributed by atoms with Crippen molar-refractivity contribution in [3.8, 4) is 17.0 Å². The number of carbonyl (C=O) groups is 1. The van der Waals surface area contributed by atoms with Crippen molar-refractivity contribution >= 4 is 23.1 Å². The molecule has 2 heterocycles. The van der Waals surface area contributed by atoms with Crippen LogP contribution in [0.4, 0.5) is 29.3 Å². The minimum absolute atomic E-state index is 0.103. The number of nitrogens with zero attached hydrogens (tertiary/aromatic N) is 2. The van der Waals surface area contributed by atoms with Crippen molar-refractivity contribution in [1.29, 1.82) is 0 Å². The van der Waals surface area contributed by atoms with E-state index in [0.29, 0.717) is 5.69 Å². The van der Waals surface area contributed by atoms with Crippen molar-refractivity contribution in [3.05, 3.63) is 78.6 Å².